The van der Waals surface area contributed by atoms with Crippen molar-refractivity contribution in [2.75, 3.05) is 39.9 Å². The number of fused-ring (bicyclic) bond motifs is 1. The third-order valence-corrected chi connectivity index (χ3v) is 7.75. The van der Waals surface area contributed by atoms with E-state index in [1.54, 1.807) is 12.0 Å². The number of hydrogen-bond acceptors (Lipinski definition) is 6. The lowest BCUT2D eigenvalue weighted by molar-refractivity contribution is -0.142. The van der Waals surface area contributed by atoms with Crippen LogP contribution in [0.2, 0.25) is 0 Å². The maximum Gasteiger partial charge on any atom is 0.275 e. The normalized spacial score (nSPS) is 17.1. The number of benzene rings is 3. The first-order chi connectivity index (χ1) is 20.1. The van der Waals surface area contributed by atoms with Crippen LogP contribution in [-0.4, -0.2) is 77.4 Å². The molecule has 1 atom stereocenters. The average Bonchev–Trinajstić information content (AvgIpc) is 3.69. The second-order valence-electron chi connectivity index (χ2n) is 10.4. The molecule has 0 bridgehead atoms. The van der Waals surface area contributed by atoms with Crippen molar-refractivity contribution in [3.05, 3.63) is 89.6 Å². The molecule has 9 nitrogen and oxygen atoms in total. The Morgan fingerprint density at radius 1 is 0.902 bits per heavy atom. The lowest BCUT2D eigenvalue weighted by Crippen LogP contribution is -2.52. The molecule has 0 spiro atoms. The number of methoxy groups -OCH3 is 1. The molecule has 2 amide bonds. The first-order valence-electron chi connectivity index (χ1n) is 14.1. The van der Waals surface area contributed by atoms with Gasteiger partial charge in [-0.2, -0.15) is 5.10 Å². The predicted molar refractivity (Wildman–Crippen MR) is 154 cm³/mol. The van der Waals surface area contributed by atoms with Gasteiger partial charge in [0.15, 0.2) is 5.69 Å². The SMILES string of the molecule is COc1ccc2c(c1)c(C(=O)N1CCN(C(=O)C3CCCO3)CC1)nn2Cc1ccc(OCc2ccccc2)cc1. The van der Waals surface area contributed by atoms with Crippen LogP contribution in [0.4, 0.5) is 0 Å². The van der Waals surface area contributed by atoms with E-state index in [0.717, 1.165) is 40.6 Å². The summed E-state index contributed by atoms with van der Waals surface area (Å²) in [6, 6.07) is 23.7. The van der Waals surface area contributed by atoms with Gasteiger partial charge in [0.2, 0.25) is 0 Å². The highest BCUT2D eigenvalue weighted by Crippen LogP contribution is 2.27. The van der Waals surface area contributed by atoms with E-state index >= 15 is 0 Å². The second-order valence-corrected chi connectivity index (χ2v) is 10.4. The molecule has 41 heavy (non-hydrogen) atoms. The Labute approximate surface area is 239 Å². The van der Waals surface area contributed by atoms with Gasteiger partial charge in [0.1, 0.15) is 24.2 Å². The molecule has 2 aliphatic rings. The standard InChI is InChI=1S/C32H34N4O5/c1-39-26-13-14-28-27(20-26)30(32(38)35-17-15-34(16-18-35)31(37)29-8-5-19-40-29)33-36(28)21-23-9-11-25(12-10-23)41-22-24-6-3-2-4-7-24/h2-4,6-7,9-14,20,29H,5,8,15-19,21-22H2,1H3. The van der Waals surface area contributed by atoms with Crippen molar-refractivity contribution in [3.63, 3.8) is 0 Å². The monoisotopic (exact) mass is 554 g/mol. The summed E-state index contributed by atoms with van der Waals surface area (Å²) in [5, 5.41) is 5.53. The van der Waals surface area contributed by atoms with Gasteiger partial charge in [-0.3, -0.25) is 14.3 Å². The number of ether oxygens (including phenoxy) is 3. The second kappa shape index (κ2) is 12.0. The third-order valence-electron chi connectivity index (χ3n) is 7.75. The summed E-state index contributed by atoms with van der Waals surface area (Å²) in [4.78, 5) is 30.1. The Morgan fingerprint density at radius 3 is 2.34 bits per heavy atom. The van der Waals surface area contributed by atoms with Crippen LogP contribution in [-0.2, 0) is 22.7 Å². The fraction of sp³-hybridized carbons (Fsp3) is 0.344. The van der Waals surface area contributed by atoms with E-state index in [2.05, 4.69) is 0 Å². The average molecular weight is 555 g/mol. The summed E-state index contributed by atoms with van der Waals surface area (Å²) < 4.78 is 18.8. The Bertz CT molecular complexity index is 1500. The molecule has 0 radical (unpaired) electrons. The molecule has 1 aromatic heterocycles. The zero-order chi connectivity index (χ0) is 28.2. The Morgan fingerprint density at radius 2 is 1.63 bits per heavy atom. The molecule has 9 heteroatoms. The Hall–Kier alpha value is -4.37. The van der Waals surface area contributed by atoms with E-state index in [-0.39, 0.29) is 17.9 Å². The number of carbonyl (C=O) groups excluding carboxylic acids is 2. The molecule has 6 rings (SSSR count). The molecule has 0 aliphatic carbocycles. The van der Waals surface area contributed by atoms with Crippen molar-refractivity contribution in [1.29, 1.82) is 0 Å². The van der Waals surface area contributed by atoms with Crippen LogP contribution in [0.3, 0.4) is 0 Å². The highest BCUT2D eigenvalue weighted by molar-refractivity contribution is 6.05. The maximum atomic E-state index is 13.7. The molecule has 4 aromatic rings. The lowest BCUT2D eigenvalue weighted by atomic mass is 10.1. The molecule has 3 aromatic carbocycles. The highest BCUT2D eigenvalue weighted by atomic mass is 16.5. The van der Waals surface area contributed by atoms with Crippen LogP contribution in [0, 0.1) is 0 Å². The van der Waals surface area contributed by atoms with Gasteiger partial charge in [-0.1, -0.05) is 42.5 Å². The zero-order valence-corrected chi connectivity index (χ0v) is 23.2. The fourth-order valence-electron chi connectivity index (χ4n) is 5.42. The molecular weight excluding hydrogens is 520 g/mol. The Kier molecular flexibility index (Phi) is 7.86. The summed E-state index contributed by atoms with van der Waals surface area (Å²) in [6.07, 6.45) is 1.35. The molecule has 3 heterocycles. The van der Waals surface area contributed by atoms with Crippen molar-refractivity contribution < 1.29 is 23.8 Å². The number of rotatable bonds is 8. The summed E-state index contributed by atoms with van der Waals surface area (Å²) in [5.41, 5.74) is 3.40. The van der Waals surface area contributed by atoms with Gasteiger partial charge in [0, 0.05) is 38.2 Å². The molecule has 2 saturated heterocycles. The van der Waals surface area contributed by atoms with Crippen molar-refractivity contribution in [2.24, 2.45) is 0 Å². The Balaban J connectivity index is 1.16. The molecule has 0 saturated carbocycles. The number of carbonyl (C=O) groups is 2. The highest BCUT2D eigenvalue weighted by Gasteiger charge is 2.32. The summed E-state index contributed by atoms with van der Waals surface area (Å²) in [6.45, 7) is 3.54. The van der Waals surface area contributed by atoms with Gasteiger partial charge < -0.3 is 24.0 Å². The van der Waals surface area contributed by atoms with Gasteiger partial charge in [-0.15, -0.1) is 0 Å². The largest absolute Gasteiger partial charge is 0.497 e. The van der Waals surface area contributed by atoms with Crippen LogP contribution < -0.4 is 9.47 Å². The fourth-order valence-corrected chi connectivity index (χ4v) is 5.42. The van der Waals surface area contributed by atoms with Crippen LogP contribution in [0.25, 0.3) is 10.9 Å². The molecule has 2 fully saturated rings. The summed E-state index contributed by atoms with van der Waals surface area (Å²) in [7, 11) is 1.61. The third kappa shape index (κ3) is 5.90. The van der Waals surface area contributed by atoms with Gasteiger partial charge in [-0.25, -0.2) is 0 Å². The molecule has 1 unspecified atom stereocenters. The van der Waals surface area contributed by atoms with E-state index < -0.39 is 0 Å². The van der Waals surface area contributed by atoms with Crippen LogP contribution >= 0.6 is 0 Å². The molecular formula is C32H34N4O5. The van der Waals surface area contributed by atoms with Crippen molar-refractivity contribution >= 4 is 22.7 Å². The quantitative estimate of drug-likeness (QED) is 0.326. The number of piperazine rings is 1. The van der Waals surface area contributed by atoms with Gasteiger partial charge in [0.05, 0.1) is 19.2 Å². The van der Waals surface area contributed by atoms with Crippen LogP contribution in [0.1, 0.15) is 34.5 Å². The van der Waals surface area contributed by atoms with Gasteiger partial charge >= 0.3 is 0 Å². The van der Waals surface area contributed by atoms with Gasteiger partial charge in [0.25, 0.3) is 11.8 Å². The van der Waals surface area contributed by atoms with E-state index in [9.17, 15) is 9.59 Å². The minimum absolute atomic E-state index is 0.0329. The number of aromatic nitrogens is 2. The minimum Gasteiger partial charge on any atom is -0.497 e. The van der Waals surface area contributed by atoms with E-state index in [0.29, 0.717) is 57.4 Å². The first kappa shape index (κ1) is 26.8. The lowest BCUT2D eigenvalue weighted by Gasteiger charge is -2.35. The zero-order valence-electron chi connectivity index (χ0n) is 23.2. The molecule has 212 valence electrons. The maximum absolute atomic E-state index is 13.7. The predicted octanol–water partition coefficient (Wildman–Crippen LogP) is 4.14. The number of hydrogen-bond donors (Lipinski definition) is 0. The molecule has 2 aliphatic heterocycles. The number of amides is 2. The van der Waals surface area contributed by atoms with Crippen molar-refractivity contribution in [1.82, 2.24) is 19.6 Å². The summed E-state index contributed by atoms with van der Waals surface area (Å²) >= 11 is 0. The minimum atomic E-state index is -0.339. The van der Waals surface area contributed by atoms with Crippen LogP contribution in [0.5, 0.6) is 11.5 Å². The van der Waals surface area contributed by atoms with E-state index in [1.165, 1.54) is 0 Å². The smallest absolute Gasteiger partial charge is 0.275 e. The van der Waals surface area contributed by atoms with Crippen molar-refractivity contribution in [2.45, 2.75) is 32.1 Å². The topological polar surface area (TPSA) is 86.1 Å². The van der Waals surface area contributed by atoms with Crippen LogP contribution in [0.15, 0.2) is 72.8 Å². The first-order valence-corrected chi connectivity index (χ1v) is 14.1. The van der Waals surface area contributed by atoms with Crippen molar-refractivity contribution in [3.8, 4) is 11.5 Å². The number of nitrogens with zero attached hydrogens (tertiary/aromatic N) is 4. The summed E-state index contributed by atoms with van der Waals surface area (Å²) in [5.74, 6) is 1.35. The van der Waals surface area contributed by atoms with E-state index in [4.69, 9.17) is 19.3 Å². The molecule has 0 N–H and O–H groups in total. The van der Waals surface area contributed by atoms with Gasteiger partial charge in [-0.05, 0) is 54.3 Å². The van der Waals surface area contributed by atoms with E-state index in [1.807, 2.05) is 82.4 Å².